The Morgan fingerprint density at radius 1 is 1.52 bits per heavy atom. The molecule has 1 saturated carbocycles. The van der Waals surface area contributed by atoms with E-state index in [0.29, 0.717) is 28.2 Å². The molecule has 2 heterocycles. The van der Waals surface area contributed by atoms with Gasteiger partial charge < -0.3 is 15.6 Å². The lowest BCUT2D eigenvalue weighted by Gasteiger charge is -2.29. The van der Waals surface area contributed by atoms with E-state index in [2.05, 4.69) is 20.7 Å². The van der Waals surface area contributed by atoms with Gasteiger partial charge in [-0.15, -0.1) is 5.10 Å². The van der Waals surface area contributed by atoms with Crippen LogP contribution in [0.2, 0.25) is 0 Å². The van der Waals surface area contributed by atoms with E-state index >= 15 is 0 Å². The third-order valence-corrected chi connectivity index (χ3v) is 5.41. The molecule has 27 heavy (non-hydrogen) atoms. The maximum atomic E-state index is 12.5. The van der Waals surface area contributed by atoms with Gasteiger partial charge in [0.15, 0.2) is 12.0 Å². The zero-order valence-corrected chi connectivity index (χ0v) is 15.6. The molecule has 1 fully saturated rings. The summed E-state index contributed by atoms with van der Waals surface area (Å²) in [6.07, 6.45) is 6.09. The first-order valence-corrected chi connectivity index (χ1v) is 9.13. The standard InChI is InChI=1S/C18H24N6O3/c1-18(2,3)13(9-25)20-17(26)21-16-12-7-10-6-11(10)15(12)24(22-16)14-8-23(27)5-4-19-14/h4-5,8,10-11,13,25H,6-7,9H2,1-3H3,(H2,20,21,22,26). The molecule has 2 aliphatic carbocycles. The van der Waals surface area contributed by atoms with Crippen LogP contribution < -0.4 is 15.4 Å². The van der Waals surface area contributed by atoms with Crippen LogP contribution in [0.25, 0.3) is 5.82 Å². The molecule has 4 rings (SSSR count). The second kappa shape index (κ2) is 6.19. The minimum absolute atomic E-state index is 0.148. The van der Waals surface area contributed by atoms with Crippen LogP contribution in [0.15, 0.2) is 18.6 Å². The van der Waals surface area contributed by atoms with Crippen molar-refractivity contribution < 1.29 is 14.6 Å². The zero-order chi connectivity index (χ0) is 19.3. The summed E-state index contributed by atoms with van der Waals surface area (Å²) in [5, 5.41) is 31.3. The van der Waals surface area contributed by atoms with Gasteiger partial charge in [-0.2, -0.15) is 4.73 Å². The highest BCUT2D eigenvalue weighted by Gasteiger charge is 2.50. The Morgan fingerprint density at radius 3 is 2.96 bits per heavy atom. The van der Waals surface area contributed by atoms with E-state index in [0.717, 1.165) is 24.1 Å². The summed E-state index contributed by atoms with van der Waals surface area (Å²) in [7, 11) is 0. The summed E-state index contributed by atoms with van der Waals surface area (Å²) in [4.78, 5) is 16.7. The quantitative estimate of drug-likeness (QED) is 0.548. The summed E-state index contributed by atoms with van der Waals surface area (Å²) in [5.74, 6) is 1.92. The molecular weight excluding hydrogens is 348 g/mol. The number of nitrogens with one attached hydrogen (secondary N) is 2. The number of aliphatic hydroxyl groups is 1. The molecule has 0 aliphatic heterocycles. The average molecular weight is 372 g/mol. The number of anilines is 1. The van der Waals surface area contributed by atoms with E-state index < -0.39 is 6.03 Å². The van der Waals surface area contributed by atoms with Crippen LogP contribution in [0.4, 0.5) is 10.6 Å². The van der Waals surface area contributed by atoms with Gasteiger partial charge in [0, 0.05) is 11.5 Å². The molecule has 3 atom stereocenters. The fourth-order valence-electron chi connectivity index (χ4n) is 3.70. The highest BCUT2D eigenvalue weighted by Crippen LogP contribution is 2.58. The van der Waals surface area contributed by atoms with Crippen molar-refractivity contribution in [2.24, 2.45) is 11.3 Å². The van der Waals surface area contributed by atoms with E-state index in [1.54, 1.807) is 4.68 Å². The molecule has 2 aliphatic rings. The lowest BCUT2D eigenvalue weighted by molar-refractivity contribution is -0.605. The molecule has 0 saturated heterocycles. The summed E-state index contributed by atoms with van der Waals surface area (Å²) < 4.78 is 2.36. The second-order valence-corrected chi connectivity index (χ2v) is 8.40. The van der Waals surface area contributed by atoms with E-state index in [1.165, 1.54) is 18.6 Å². The van der Waals surface area contributed by atoms with Crippen LogP contribution in [-0.2, 0) is 6.42 Å². The van der Waals surface area contributed by atoms with Crippen molar-refractivity contribution in [2.45, 2.75) is 45.6 Å². The first-order valence-electron chi connectivity index (χ1n) is 9.13. The van der Waals surface area contributed by atoms with Crippen LogP contribution in [0, 0.1) is 16.5 Å². The second-order valence-electron chi connectivity index (χ2n) is 8.40. The van der Waals surface area contributed by atoms with Gasteiger partial charge >= 0.3 is 6.03 Å². The van der Waals surface area contributed by atoms with Gasteiger partial charge in [-0.1, -0.05) is 20.8 Å². The number of hydrogen-bond acceptors (Lipinski definition) is 5. The molecule has 3 N–H and O–H groups in total. The van der Waals surface area contributed by atoms with Crippen molar-refractivity contribution >= 4 is 11.8 Å². The van der Waals surface area contributed by atoms with Gasteiger partial charge in [-0.3, -0.25) is 5.32 Å². The van der Waals surface area contributed by atoms with Crippen molar-refractivity contribution in [3.63, 3.8) is 0 Å². The van der Waals surface area contributed by atoms with E-state index in [-0.39, 0.29) is 18.1 Å². The first kappa shape index (κ1) is 17.7. The van der Waals surface area contributed by atoms with Crippen LogP contribution in [0.1, 0.15) is 44.4 Å². The van der Waals surface area contributed by atoms with Gasteiger partial charge in [0.05, 0.1) is 24.5 Å². The molecule has 0 spiro atoms. The Bertz CT molecular complexity index is 888. The number of carbonyl (C=O) groups is 1. The molecular formula is C18H24N6O3. The summed E-state index contributed by atoms with van der Waals surface area (Å²) >= 11 is 0. The zero-order valence-electron chi connectivity index (χ0n) is 15.6. The number of rotatable bonds is 4. The minimum Gasteiger partial charge on any atom is -0.619 e. The van der Waals surface area contributed by atoms with Gasteiger partial charge in [0.25, 0.3) is 0 Å². The number of aliphatic hydroxyl groups excluding tert-OH is 1. The maximum absolute atomic E-state index is 12.5. The van der Waals surface area contributed by atoms with Gasteiger partial charge in [0.1, 0.15) is 0 Å². The molecule has 9 heteroatoms. The smallest absolute Gasteiger partial charge is 0.320 e. The third kappa shape index (κ3) is 3.23. The predicted octanol–water partition coefficient (Wildman–Crippen LogP) is 1.09. The molecule has 144 valence electrons. The SMILES string of the molecule is CC(C)(C)C(CO)NC(=O)Nc1nn(-c2c[n+]([O-])ccn2)c2c1CC1CC21. The monoisotopic (exact) mass is 372 g/mol. The van der Waals surface area contributed by atoms with Gasteiger partial charge in [0.2, 0.25) is 12.0 Å². The predicted molar refractivity (Wildman–Crippen MR) is 97.4 cm³/mol. The summed E-state index contributed by atoms with van der Waals surface area (Å²) in [6.45, 7) is 5.71. The van der Waals surface area contributed by atoms with Crippen LogP contribution in [0.3, 0.4) is 0 Å². The summed E-state index contributed by atoms with van der Waals surface area (Å²) in [5.41, 5.74) is 1.76. The topological polar surface area (TPSA) is 119 Å². The van der Waals surface area contributed by atoms with Crippen molar-refractivity contribution in [1.29, 1.82) is 0 Å². The van der Waals surface area contributed by atoms with E-state index in [1.807, 2.05) is 20.8 Å². The number of hydrogen-bond donors (Lipinski definition) is 3. The Balaban J connectivity index is 1.60. The Hall–Kier alpha value is -2.68. The van der Waals surface area contributed by atoms with Crippen molar-refractivity contribution in [1.82, 2.24) is 20.1 Å². The Morgan fingerprint density at radius 2 is 2.30 bits per heavy atom. The molecule has 0 aromatic carbocycles. The fraction of sp³-hybridized carbons (Fsp3) is 0.556. The normalized spacial score (nSPS) is 21.3. The van der Waals surface area contributed by atoms with Crippen molar-refractivity contribution in [3.05, 3.63) is 35.1 Å². The number of nitrogens with zero attached hydrogens (tertiary/aromatic N) is 4. The Kier molecular flexibility index (Phi) is 4.06. The highest BCUT2D eigenvalue weighted by atomic mass is 16.5. The lowest BCUT2D eigenvalue weighted by atomic mass is 9.87. The van der Waals surface area contributed by atoms with E-state index in [4.69, 9.17) is 0 Å². The minimum atomic E-state index is -0.406. The Labute approximate surface area is 157 Å². The van der Waals surface area contributed by atoms with Gasteiger partial charge in [-0.05, 0) is 24.2 Å². The molecule has 9 nitrogen and oxygen atoms in total. The maximum Gasteiger partial charge on any atom is 0.320 e. The average Bonchev–Trinajstić information content (AvgIpc) is 3.12. The van der Waals surface area contributed by atoms with Crippen molar-refractivity contribution in [2.75, 3.05) is 11.9 Å². The largest absolute Gasteiger partial charge is 0.619 e. The van der Waals surface area contributed by atoms with Gasteiger partial charge in [-0.25, -0.2) is 14.5 Å². The highest BCUT2D eigenvalue weighted by molar-refractivity contribution is 5.89. The third-order valence-electron chi connectivity index (χ3n) is 5.41. The molecule has 2 aromatic heterocycles. The van der Waals surface area contributed by atoms with Crippen LogP contribution in [-0.4, -0.2) is 38.6 Å². The van der Waals surface area contributed by atoms with Crippen molar-refractivity contribution in [3.8, 4) is 5.82 Å². The number of fused-ring (bicyclic) bond motifs is 3. The van der Waals surface area contributed by atoms with Crippen LogP contribution >= 0.6 is 0 Å². The molecule has 2 aromatic rings. The number of urea groups is 1. The number of aromatic nitrogens is 4. The van der Waals surface area contributed by atoms with E-state index in [9.17, 15) is 15.1 Å². The summed E-state index contributed by atoms with van der Waals surface area (Å²) in [6, 6.07) is -0.784. The number of amides is 2. The molecule has 2 amide bonds. The lowest BCUT2D eigenvalue weighted by Crippen LogP contribution is -2.47. The fourth-order valence-corrected chi connectivity index (χ4v) is 3.70. The molecule has 3 unspecified atom stereocenters. The number of carbonyl (C=O) groups excluding carboxylic acids is 1. The first-order chi connectivity index (χ1) is 12.8. The van der Waals surface area contributed by atoms with Crippen LogP contribution in [0.5, 0.6) is 0 Å². The molecule has 0 bridgehead atoms. The molecule has 0 radical (unpaired) electrons.